The molecule has 4 heteroatoms. The van der Waals surface area contributed by atoms with Crippen molar-refractivity contribution in [1.29, 1.82) is 0 Å². The van der Waals surface area contributed by atoms with Gasteiger partial charge in [-0.05, 0) is 19.3 Å². The van der Waals surface area contributed by atoms with Crippen LogP contribution in [0.4, 0.5) is 0 Å². The van der Waals surface area contributed by atoms with Gasteiger partial charge in [-0.25, -0.2) is 0 Å². The standard InChI is InChI=1S/C6H14N2O2/c7-4-2-1-3-5(8)6(9)10/h5H,1-4,7-8H2,(H,9,10)/t5-/m0/s1/i1D2,2D,3D2,4D/t2-,4+,5-. The highest BCUT2D eigenvalue weighted by molar-refractivity contribution is 5.72. The number of hydrogen-bond acceptors (Lipinski definition) is 3. The van der Waals surface area contributed by atoms with Crippen molar-refractivity contribution in [3.8, 4) is 0 Å². The molecule has 0 spiro atoms. The molecule has 0 aliphatic rings. The van der Waals surface area contributed by atoms with Crippen molar-refractivity contribution in [3.63, 3.8) is 0 Å². The number of rotatable bonds is 5. The average molecular weight is 152 g/mol. The van der Waals surface area contributed by atoms with E-state index in [1.165, 1.54) is 0 Å². The molecule has 60 valence electrons. The Labute approximate surface area is 68.6 Å². The van der Waals surface area contributed by atoms with Gasteiger partial charge in [-0.15, -0.1) is 0 Å². The van der Waals surface area contributed by atoms with E-state index >= 15 is 0 Å². The lowest BCUT2D eigenvalue weighted by atomic mass is 10.1. The summed E-state index contributed by atoms with van der Waals surface area (Å²) < 4.78 is 43.5. The van der Waals surface area contributed by atoms with Gasteiger partial charge in [-0.1, -0.05) is 6.37 Å². The highest BCUT2D eigenvalue weighted by Crippen LogP contribution is 1.96. The summed E-state index contributed by atoms with van der Waals surface area (Å²) in [6.45, 7) is -1.69. The predicted octanol–water partition coefficient (Wildman–Crippen LogP) is -0.473. The van der Waals surface area contributed by atoms with Gasteiger partial charge in [0.05, 0.1) is 0 Å². The molecule has 0 saturated carbocycles. The second kappa shape index (κ2) is 5.20. The molecular formula is C6H14N2O2. The Morgan fingerprint density at radius 1 is 1.80 bits per heavy atom. The second-order valence-corrected chi connectivity index (χ2v) is 1.46. The molecule has 0 fully saturated rings. The van der Waals surface area contributed by atoms with Crippen LogP contribution in [0.5, 0.6) is 0 Å². The molecule has 0 heterocycles. The van der Waals surface area contributed by atoms with E-state index in [0.717, 1.165) is 0 Å². The van der Waals surface area contributed by atoms with Crippen LogP contribution in [0.2, 0.25) is 0 Å². The summed E-state index contributed by atoms with van der Waals surface area (Å²) in [5.41, 5.74) is 10.00. The molecule has 0 rings (SSSR count). The van der Waals surface area contributed by atoms with Crippen LogP contribution in [-0.4, -0.2) is 23.6 Å². The maximum absolute atomic E-state index is 10.5. The number of aliphatic carboxylic acids is 1. The summed E-state index contributed by atoms with van der Waals surface area (Å²) in [7, 11) is 0. The fourth-order valence-electron chi connectivity index (χ4n) is 0.248. The maximum atomic E-state index is 10.5. The summed E-state index contributed by atoms with van der Waals surface area (Å²) in [6.07, 6.45) is -7.87. The molecule has 0 aromatic heterocycles. The maximum Gasteiger partial charge on any atom is 0.320 e. The lowest BCUT2D eigenvalue weighted by Crippen LogP contribution is -2.29. The largest absolute Gasteiger partial charge is 0.480 e. The van der Waals surface area contributed by atoms with Gasteiger partial charge in [0.2, 0.25) is 0 Å². The Kier molecular flexibility index (Phi) is 1.66. The first-order chi connectivity index (χ1) is 6.96. The van der Waals surface area contributed by atoms with Gasteiger partial charge in [0.15, 0.2) is 0 Å². The van der Waals surface area contributed by atoms with Crippen LogP contribution in [0.3, 0.4) is 0 Å². The van der Waals surface area contributed by atoms with Gasteiger partial charge >= 0.3 is 5.97 Å². The molecule has 4 nitrogen and oxygen atoms in total. The lowest BCUT2D eigenvalue weighted by Gasteiger charge is -2.03. The summed E-state index contributed by atoms with van der Waals surface area (Å²) in [5.74, 6) is -1.72. The molecule has 3 atom stereocenters. The smallest absolute Gasteiger partial charge is 0.320 e. The number of hydrogen-bond donors (Lipinski definition) is 3. The number of carbonyl (C=O) groups is 1. The van der Waals surface area contributed by atoms with Crippen LogP contribution in [0, 0.1) is 0 Å². The summed E-state index contributed by atoms with van der Waals surface area (Å²) in [4.78, 5) is 10.5. The van der Waals surface area contributed by atoms with Crippen LogP contribution >= 0.6 is 0 Å². The van der Waals surface area contributed by atoms with E-state index in [2.05, 4.69) is 0 Å². The first kappa shape index (κ1) is 3.19. The van der Waals surface area contributed by atoms with Crippen molar-refractivity contribution >= 4 is 5.97 Å². The second-order valence-electron chi connectivity index (χ2n) is 1.46. The van der Waals surface area contributed by atoms with E-state index in [9.17, 15) is 4.79 Å². The Morgan fingerprint density at radius 3 is 2.80 bits per heavy atom. The fourth-order valence-corrected chi connectivity index (χ4v) is 0.248. The van der Waals surface area contributed by atoms with Crippen molar-refractivity contribution in [2.45, 2.75) is 25.2 Å². The van der Waals surface area contributed by atoms with Crippen LogP contribution in [-0.2, 0) is 4.79 Å². The molecule has 0 amide bonds. The quantitative estimate of drug-likeness (QED) is 0.496. The van der Waals surface area contributed by atoms with Crippen LogP contribution in [0.25, 0.3) is 0 Å². The van der Waals surface area contributed by atoms with E-state index in [1.807, 2.05) is 0 Å². The average Bonchev–Trinajstić information content (AvgIpc) is 2.14. The molecule has 0 unspecified atom stereocenters. The van der Waals surface area contributed by atoms with Crippen molar-refractivity contribution in [1.82, 2.24) is 0 Å². The van der Waals surface area contributed by atoms with E-state index < -0.39 is 37.7 Å². The lowest BCUT2D eigenvalue weighted by molar-refractivity contribution is -0.138. The first-order valence-corrected chi connectivity index (χ1v) is 2.54. The molecule has 0 saturated heterocycles. The van der Waals surface area contributed by atoms with Crippen LogP contribution in [0.1, 0.15) is 27.4 Å². The SMILES string of the molecule is [2H][C@H]([C@@H]([2H])N)C([2H])([2H])C([2H])([2H])[C@H](N)C(=O)O. The zero-order valence-corrected chi connectivity index (χ0v) is 5.24. The Morgan fingerprint density at radius 2 is 2.40 bits per heavy atom. The van der Waals surface area contributed by atoms with Gasteiger partial charge in [0.1, 0.15) is 6.04 Å². The molecular weight excluding hydrogens is 132 g/mol. The first-order valence-electron chi connectivity index (χ1n) is 5.70. The van der Waals surface area contributed by atoms with Gasteiger partial charge in [-0.2, -0.15) is 0 Å². The minimum atomic E-state index is -3.00. The molecule has 0 aliphatic heterocycles. The minimum Gasteiger partial charge on any atom is -0.480 e. The number of nitrogens with two attached hydrogens (primary N) is 2. The highest BCUT2D eigenvalue weighted by Gasteiger charge is 2.09. The Bertz CT molecular complexity index is 272. The molecule has 0 bridgehead atoms. The molecule has 10 heavy (non-hydrogen) atoms. The molecule has 0 aliphatic carbocycles. The van der Waals surface area contributed by atoms with Crippen molar-refractivity contribution in [3.05, 3.63) is 0 Å². The highest BCUT2D eigenvalue weighted by atomic mass is 16.4. The van der Waals surface area contributed by atoms with Crippen LogP contribution in [0.15, 0.2) is 0 Å². The zero-order valence-electron chi connectivity index (χ0n) is 11.2. The van der Waals surface area contributed by atoms with Crippen molar-refractivity contribution in [2.75, 3.05) is 6.52 Å². The molecule has 0 radical (unpaired) electrons. The molecule has 0 aromatic rings. The van der Waals surface area contributed by atoms with Crippen molar-refractivity contribution < 1.29 is 18.1 Å². The molecule has 5 N–H and O–H groups in total. The Balaban J connectivity index is 5.19. The van der Waals surface area contributed by atoms with Gasteiger partial charge in [0.25, 0.3) is 0 Å². The van der Waals surface area contributed by atoms with Gasteiger partial charge in [0, 0.05) is 8.22 Å². The van der Waals surface area contributed by atoms with E-state index in [4.69, 9.17) is 24.8 Å². The minimum absolute atomic E-state index is 1.69. The topological polar surface area (TPSA) is 89.3 Å². The number of carboxylic acid groups (broad SMARTS) is 1. The fraction of sp³-hybridized carbons (Fsp3) is 0.833. The summed E-state index contributed by atoms with van der Waals surface area (Å²) in [6, 6.07) is -2.13. The third-order valence-corrected chi connectivity index (χ3v) is 0.684. The Hall–Kier alpha value is -0.610. The predicted molar refractivity (Wildman–Crippen MR) is 38.5 cm³/mol. The van der Waals surface area contributed by atoms with E-state index in [-0.39, 0.29) is 0 Å². The summed E-state index contributed by atoms with van der Waals surface area (Å²) in [5, 5.41) is 8.53. The van der Waals surface area contributed by atoms with Gasteiger partial charge in [-0.3, -0.25) is 4.79 Å². The van der Waals surface area contributed by atoms with Crippen LogP contribution < -0.4 is 11.5 Å². The van der Waals surface area contributed by atoms with Crippen molar-refractivity contribution in [2.24, 2.45) is 11.5 Å². The zero-order chi connectivity index (χ0) is 13.3. The third-order valence-electron chi connectivity index (χ3n) is 0.684. The third kappa shape index (κ3) is 4.29. The summed E-state index contributed by atoms with van der Waals surface area (Å²) >= 11 is 0. The molecule has 0 aromatic carbocycles. The van der Waals surface area contributed by atoms with E-state index in [1.54, 1.807) is 0 Å². The monoisotopic (exact) mass is 152 g/mol. The van der Waals surface area contributed by atoms with Gasteiger partial charge < -0.3 is 16.6 Å². The number of carboxylic acids is 1. The van der Waals surface area contributed by atoms with E-state index in [0.29, 0.717) is 0 Å². The normalized spacial score (nSPS) is 31.0.